The molecule has 19 heavy (non-hydrogen) atoms. The molecule has 6 heteroatoms. The highest BCUT2D eigenvalue weighted by Gasteiger charge is 2.08. The van der Waals surface area contributed by atoms with Crippen LogP contribution in [-0.4, -0.2) is 28.7 Å². The minimum absolute atomic E-state index is 0.167. The van der Waals surface area contributed by atoms with Crippen LogP contribution in [0.3, 0.4) is 0 Å². The number of nitrogens with one attached hydrogen (secondary N) is 1. The molecule has 0 aliphatic heterocycles. The van der Waals surface area contributed by atoms with Gasteiger partial charge in [0.15, 0.2) is 0 Å². The summed E-state index contributed by atoms with van der Waals surface area (Å²) in [5.41, 5.74) is 0.770. The number of aliphatic hydroxyl groups excluding tert-OH is 1. The van der Waals surface area contributed by atoms with Crippen molar-refractivity contribution in [2.24, 2.45) is 0 Å². The summed E-state index contributed by atoms with van der Waals surface area (Å²) in [4.78, 5) is 7.76. The van der Waals surface area contributed by atoms with Crippen LogP contribution in [0.5, 0.6) is 5.75 Å². The highest BCUT2D eigenvalue weighted by Crippen LogP contribution is 2.19. The van der Waals surface area contributed by atoms with Crippen molar-refractivity contribution in [3.63, 3.8) is 0 Å². The standard InChI is InChI=1S/C13H14ClN3O2/c1-19-10-4-2-3-9(7-10)11(18)8-16-12-5-6-15-13(14)17-12/h2-7,11,18H,8H2,1H3,(H,15,16,17). The summed E-state index contributed by atoms with van der Waals surface area (Å²) in [6, 6.07) is 8.97. The quantitative estimate of drug-likeness (QED) is 0.822. The number of nitrogens with zero attached hydrogens (tertiary/aromatic N) is 2. The first kappa shape index (κ1) is 13.6. The minimum atomic E-state index is -0.663. The number of anilines is 1. The first-order chi connectivity index (χ1) is 9.19. The lowest BCUT2D eigenvalue weighted by Crippen LogP contribution is -2.13. The summed E-state index contributed by atoms with van der Waals surface area (Å²) >= 11 is 5.68. The van der Waals surface area contributed by atoms with Gasteiger partial charge in [0.25, 0.3) is 0 Å². The van der Waals surface area contributed by atoms with E-state index in [4.69, 9.17) is 16.3 Å². The predicted octanol–water partition coefficient (Wildman–Crippen LogP) is 2.28. The second kappa shape index (κ2) is 6.36. The van der Waals surface area contributed by atoms with Crippen molar-refractivity contribution in [1.82, 2.24) is 9.97 Å². The average Bonchev–Trinajstić information content (AvgIpc) is 2.45. The fourth-order valence-electron chi connectivity index (χ4n) is 1.60. The van der Waals surface area contributed by atoms with Gasteiger partial charge in [-0.15, -0.1) is 0 Å². The van der Waals surface area contributed by atoms with Crippen LogP contribution < -0.4 is 10.1 Å². The summed E-state index contributed by atoms with van der Waals surface area (Å²) < 4.78 is 5.11. The summed E-state index contributed by atoms with van der Waals surface area (Å²) in [6.45, 7) is 0.320. The van der Waals surface area contributed by atoms with Gasteiger partial charge >= 0.3 is 0 Å². The van der Waals surface area contributed by atoms with Gasteiger partial charge in [-0.25, -0.2) is 9.97 Å². The second-order valence-corrected chi connectivity index (χ2v) is 4.22. The summed E-state index contributed by atoms with van der Waals surface area (Å²) in [5.74, 6) is 1.28. The molecule has 0 fully saturated rings. The van der Waals surface area contributed by atoms with E-state index < -0.39 is 6.10 Å². The maximum atomic E-state index is 10.1. The molecule has 0 saturated heterocycles. The van der Waals surface area contributed by atoms with E-state index in [0.29, 0.717) is 18.1 Å². The third-order valence-electron chi connectivity index (χ3n) is 2.58. The lowest BCUT2D eigenvalue weighted by atomic mass is 10.1. The van der Waals surface area contributed by atoms with Gasteiger partial charge < -0.3 is 15.2 Å². The van der Waals surface area contributed by atoms with Gasteiger partial charge in [0, 0.05) is 12.7 Å². The first-order valence-electron chi connectivity index (χ1n) is 5.73. The Labute approximate surface area is 116 Å². The molecule has 0 aliphatic rings. The van der Waals surface area contributed by atoms with E-state index in [2.05, 4.69) is 15.3 Å². The van der Waals surface area contributed by atoms with Crippen molar-refractivity contribution < 1.29 is 9.84 Å². The van der Waals surface area contributed by atoms with E-state index in [1.165, 1.54) is 0 Å². The van der Waals surface area contributed by atoms with Crippen LogP contribution in [0.4, 0.5) is 5.82 Å². The highest BCUT2D eigenvalue weighted by atomic mass is 35.5. The third kappa shape index (κ3) is 3.81. The van der Waals surface area contributed by atoms with Gasteiger partial charge in [0.05, 0.1) is 13.2 Å². The van der Waals surface area contributed by atoms with E-state index in [0.717, 1.165) is 5.56 Å². The normalized spacial score (nSPS) is 11.9. The van der Waals surface area contributed by atoms with E-state index in [9.17, 15) is 5.11 Å². The van der Waals surface area contributed by atoms with Crippen LogP contribution in [0.2, 0.25) is 5.28 Å². The Morgan fingerprint density at radius 2 is 2.26 bits per heavy atom. The Kier molecular flexibility index (Phi) is 4.54. The lowest BCUT2D eigenvalue weighted by molar-refractivity contribution is 0.191. The maximum Gasteiger partial charge on any atom is 0.224 e. The zero-order chi connectivity index (χ0) is 13.7. The van der Waals surface area contributed by atoms with E-state index >= 15 is 0 Å². The molecule has 1 aromatic carbocycles. The van der Waals surface area contributed by atoms with Crippen LogP contribution in [-0.2, 0) is 0 Å². The minimum Gasteiger partial charge on any atom is -0.497 e. The summed E-state index contributed by atoms with van der Waals surface area (Å²) in [6.07, 6.45) is 0.888. The van der Waals surface area contributed by atoms with Gasteiger partial charge in [-0.05, 0) is 35.4 Å². The average molecular weight is 280 g/mol. The summed E-state index contributed by atoms with van der Waals surface area (Å²) in [7, 11) is 1.59. The Hall–Kier alpha value is -1.85. The SMILES string of the molecule is COc1cccc(C(O)CNc2ccnc(Cl)n2)c1. The Morgan fingerprint density at radius 3 is 3.00 bits per heavy atom. The number of ether oxygens (including phenoxy) is 1. The van der Waals surface area contributed by atoms with Crippen LogP contribution in [0, 0.1) is 0 Å². The predicted molar refractivity (Wildman–Crippen MR) is 73.5 cm³/mol. The Bertz CT molecular complexity index is 551. The van der Waals surface area contributed by atoms with Gasteiger partial charge in [-0.3, -0.25) is 0 Å². The molecule has 1 atom stereocenters. The van der Waals surface area contributed by atoms with Crippen molar-refractivity contribution in [3.05, 3.63) is 47.4 Å². The van der Waals surface area contributed by atoms with E-state index in [1.54, 1.807) is 25.4 Å². The van der Waals surface area contributed by atoms with Crippen LogP contribution in [0.15, 0.2) is 36.5 Å². The monoisotopic (exact) mass is 279 g/mol. The van der Waals surface area contributed by atoms with Crippen molar-refractivity contribution in [2.75, 3.05) is 19.0 Å². The van der Waals surface area contributed by atoms with Gasteiger partial charge in [-0.2, -0.15) is 0 Å². The number of aliphatic hydroxyl groups is 1. The van der Waals surface area contributed by atoms with E-state index in [1.807, 2.05) is 18.2 Å². The molecular formula is C13H14ClN3O2. The molecule has 0 amide bonds. The Balaban J connectivity index is 1.99. The van der Waals surface area contributed by atoms with Gasteiger partial charge in [0.1, 0.15) is 11.6 Å². The molecule has 1 heterocycles. The molecule has 0 aliphatic carbocycles. The van der Waals surface area contributed by atoms with Crippen LogP contribution >= 0.6 is 11.6 Å². The molecule has 0 saturated carbocycles. The molecule has 1 unspecified atom stereocenters. The molecule has 1 aromatic heterocycles. The summed E-state index contributed by atoms with van der Waals surface area (Å²) in [5, 5.41) is 13.2. The number of halogens is 1. The topological polar surface area (TPSA) is 67.3 Å². The van der Waals surface area contributed by atoms with Crippen molar-refractivity contribution in [2.45, 2.75) is 6.10 Å². The number of methoxy groups -OCH3 is 1. The molecule has 100 valence electrons. The maximum absolute atomic E-state index is 10.1. The molecule has 2 aromatic rings. The molecule has 0 spiro atoms. The Morgan fingerprint density at radius 1 is 1.42 bits per heavy atom. The third-order valence-corrected chi connectivity index (χ3v) is 2.76. The number of hydrogen-bond donors (Lipinski definition) is 2. The smallest absolute Gasteiger partial charge is 0.224 e. The zero-order valence-corrected chi connectivity index (χ0v) is 11.1. The zero-order valence-electron chi connectivity index (χ0n) is 10.4. The molecule has 2 N–H and O–H groups in total. The number of aromatic nitrogens is 2. The molecule has 2 rings (SSSR count). The molecular weight excluding hydrogens is 266 g/mol. The van der Waals surface area contributed by atoms with Crippen molar-refractivity contribution >= 4 is 17.4 Å². The van der Waals surface area contributed by atoms with Gasteiger partial charge in [-0.1, -0.05) is 12.1 Å². The fourth-order valence-corrected chi connectivity index (χ4v) is 1.75. The lowest BCUT2D eigenvalue weighted by Gasteiger charge is -2.13. The molecule has 0 radical (unpaired) electrons. The van der Waals surface area contributed by atoms with E-state index in [-0.39, 0.29) is 5.28 Å². The van der Waals surface area contributed by atoms with Crippen molar-refractivity contribution in [1.29, 1.82) is 0 Å². The number of benzene rings is 1. The number of hydrogen-bond acceptors (Lipinski definition) is 5. The first-order valence-corrected chi connectivity index (χ1v) is 6.11. The fraction of sp³-hybridized carbons (Fsp3) is 0.231. The van der Waals surface area contributed by atoms with Crippen LogP contribution in [0.25, 0.3) is 0 Å². The van der Waals surface area contributed by atoms with Crippen LogP contribution in [0.1, 0.15) is 11.7 Å². The highest BCUT2D eigenvalue weighted by molar-refractivity contribution is 6.28. The number of rotatable bonds is 5. The molecule has 0 bridgehead atoms. The second-order valence-electron chi connectivity index (χ2n) is 3.88. The van der Waals surface area contributed by atoms with Crippen molar-refractivity contribution in [3.8, 4) is 5.75 Å². The molecule has 5 nitrogen and oxygen atoms in total. The largest absolute Gasteiger partial charge is 0.497 e. The van der Waals surface area contributed by atoms with Gasteiger partial charge in [0.2, 0.25) is 5.28 Å².